The first kappa shape index (κ1) is 19.0. The molecule has 2 atom stereocenters. The van der Waals surface area contributed by atoms with E-state index in [2.05, 4.69) is 31.3 Å². The molecule has 4 heteroatoms. The number of benzene rings is 1. The zero-order valence-electron chi connectivity index (χ0n) is 14.0. The highest BCUT2D eigenvalue weighted by atomic mass is 35.5. The molecule has 2 rings (SSSR count). The lowest BCUT2D eigenvalue weighted by atomic mass is 9.85. The van der Waals surface area contributed by atoms with Gasteiger partial charge in [-0.1, -0.05) is 19.1 Å². The highest BCUT2D eigenvalue weighted by molar-refractivity contribution is 5.93. The van der Waals surface area contributed by atoms with Crippen LogP contribution < -0.4 is 10.2 Å². The van der Waals surface area contributed by atoms with E-state index in [4.69, 9.17) is 0 Å². The lowest BCUT2D eigenvalue weighted by molar-refractivity contribution is -0.119. The standard InChI is InChI=1S/C18H28N2O.ClH/c1-4-20(17-9-5-7-14(2)11-17)18(21)12-15(3)16-8-6-10-19-13-16;/h5,7,9,11,15-16,19H,4,6,8,10,12-13H2,1-3H3;1H. The number of anilines is 1. The SMILES string of the molecule is CCN(C(=O)CC(C)C1CCCNC1)c1cccc(C)c1.Cl. The Hall–Kier alpha value is -1.06. The molecule has 1 N–H and O–H groups in total. The van der Waals surface area contributed by atoms with Gasteiger partial charge in [-0.25, -0.2) is 0 Å². The third kappa shape index (κ3) is 4.99. The summed E-state index contributed by atoms with van der Waals surface area (Å²) in [6, 6.07) is 8.21. The molecule has 0 bridgehead atoms. The summed E-state index contributed by atoms with van der Waals surface area (Å²) in [5.74, 6) is 1.34. The van der Waals surface area contributed by atoms with E-state index in [1.54, 1.807) is 0 Å². The van der Waals surface area contributed by atoms with Gasteiger partial charge in [-0.3, -0.25) is 4.79 Å². The fourth-order valence-corrected chi connectivity index (χ4v) is 3.22. The fourth-order valence-electron chi connectivity index (χ4n) is 3.22. The highest BCUT2D eigenvalue weighted by Gasteiger charge is 2.24. The molecular formula is C18H29ClN2O. The second-order valence-electron chi connectivity index (χ2n) is 6.26. The van der Waals surface area contributed by atoms with Gasteiger partial charge in [0.1, 0.15) is 0 Å². The molecule has 1 aromatic rings. The molecule has 0 saturated carbocycles. The number of hydrogen-bond donors (Lipinski definition) is 1. The molecule has 0 spiro atoms. The van der Waals surface area contributed by atoms with Crippen LogP contribution in [0.15, 0.2) is 24.3 Å². The van der Waals surface area contributed by atoms with Crippen LogP contribution in [-0.2, 0) is 4.79 Å². The van der Waals surface area contributed by atoms with Gasteiger partial charge >= 0.3 is 0 Å². The van der Waals surface area contributed by atoms with E-state index in [9.17, 15) is 4.79 Å². The summed E-state index contributed by atoms with van der Waals surface area (Å²) in [7, 11) is 0. The Balaban J connectivity index is 0.00000242. The Kier molecular flexibility index (Phi) is 7.91. The van der Waals surface area contributed by atoms with E-state index in [1.807, 2.05) is 24.0 Å². The molecule has 2 unspecified atom stereocenters. The molecule has 0 aromatic heterocycles. The van der Waals surface area contributed by atoms with Gasteiger partial charge in [-0.2, -0.15) is 0 Å². The molecule has 22 heavy (non-hydrogen) atoms. The smallest absolute Gasteiger partial charge is 0.227 e. The minimum Gasteiger partial charge on any atom is -0.316 e. The van der Waals surface area contributed by atoms with Crippen LogP contribution in [-0.4, -0.2) is 25.5 Å². The maximum atomic E-state index is 12.6. The van der Waals surface area contributed by atoms with Crippen LogP contribution in [0.25, 0.3) is 0 Å². The van der Waals surface area contributed by atoms with E-state index < -0.39 is 0 Å². The van der Waals surface area contributed by atoms with Gasteiger partial charge < -0.3 is 10.2 Å². The molecule has 124 valence electrons. The fraction of sp³-hybridized carbons (Fsp3) is 0.611. The van der Waals surface area contributed by atoms with E-state index in [-0.39, 0.29) is 18.3 Å². The van der Waals surface area contributed by atoms with Crippen molar-refractivity contribution < 1.29 is 4.79 Å². The summed E-state index contributed by atoms with van der Waals surface area (Å²) in [4.78, 5) is 14.6. The summed E-state index contributed by atoms with van der Waals surface area (Å²) in [5, 5.41) is 3.45. The molecule has 1 aliphatic heterocycles. The molecule has 1 aliphatic rings. The summed E-state index contributed by atoms with van der Waals surface area (Å²) < 4.78 is 0. The van der Waals surface area contributed by atoms with Crippen LogP contribution >= 0.6 is 12.4 Å². The third-order valence-electron chi connectivity index (χ3n) is 4.57. The Morgan fingerprint density at radius 3 is 2.82 bits per heavy atom. The van der Waals surface area contributed by atoms with Crippen molar-refractivity contribution in [1.82, 2.24) is 5.32 Å². The van der Waals surface area contributed by atoms with Gasteiger partial charge in [-0.15, -0.1) is 12.4 Å². The van der Waals surface area contributed by atoms with Crippen LogP contribution in [0.4, 0.5) is 5.69 Å². The van der Waals surface area contributed by atoms with Crippen molar-refractivity contribution in [3.63, 3.8) is 0 Å². The Bertz CT molecular complexity index is 472. The van der Waals surface area contributed by atoms with Gasteiger partial charge in [-0.05, 0) is 69.3 Å². The number of carbonyl (C=O) groups is 1. The monoisotopic (exact) mass is 324 g/mol. The van der Waals surface area contributed by atoms with E-state index >= 15 is 0 Å². The molecule has 1 aromatic carbocycles. The van der Waals surface area contributed by atoms with E-state index in [1.165, 1.54) is 18.4 Å². The number of nitrogens with zero attached hydrogens (tertiary/aromatic N) is 1. The third-order valence-corrected chi connectivity index (χ3v) is 4.57. The Morgan fingerprint density at radius 2 is 2.23 bits per heavy atom. The van der Waals surface area contributed by atoms with Gasteiger partial charge in [0.2, 0.25) is 5.91 Å². The maximum absolute atomic E-state index is 12.6. The quantitative estimate of drug-likeness (QED) is 0.893. The zero-order valence-corrected chi connectivity index (χ0v) is 14.8. The van der Waals surface area contributed by atoms with Gasteiger partial charge in [0.05, 0.1) is 0 Å². The van der Waals surface area contributed by atoms with Crippen LogP contribution in [0.3, 0.4) is 0 Å². The first-order valence-electron chi connectivity index (χ1n) is 8.19. The number of halogens is 1. The Labute approximate surface area is 140 Å². The van der Waals surface area contributed by atoms with Gasteiger partial charge in [0, 0.05) is 18.7 Å². The number of nitrogens with one attached hydrogen (secondary N) is 1. The predicted octanol–water partition coefficient (Wildman–Crippen LogP) is 3.80. The minimum absolute atomic E-state index is 0. The lowest BCUT2D eigenvalue weighted by Gasteiger charge is -2.30. The summed E-state index contributed by atoms with van der Waals surface area (Å²) >= 11 is 0. The van der Waals surface area contributed by atoms with Crippen LogP contribution in [0, 0.1) is 18.8 Å². The van der Waals surface area contributed by atoms with Crippen molar-refractivity contribution in [2.75, 3.05) is 24.5 Å². The topological polar surface area (TPSA) is 32.3 Å². The molecule has 0 aliphatic carbocycles. The molecular weight excluding hydrogens is 296 g/mol. The number of carbonyl (C=O) groups excluding carboxylic acids is 1. The molecule has 3 nitrogen and oxygen atoms in total. The number of aryl methyl sites for hydroxylation is 1. The van der Waals surface area contributed by atoms with Crippen molar-refractivity contribution in [3.05, 3.63) is 29.8 Å². The predicted molar refractivity (Wildman–Crippen MR) is 95.8 cm³/mol. The highest BCUT2D eigenvalue weighted by Crippen LogP contribution is 2.25. The molecule has 0 radical (unpaired) electrons. The van der Waals surface area contributed by atoms with Gasteiger partial charge in [0.15, 0.2) is 0 Å². The Morgan fingerprint density at radius 1 is 1.45 bits per heavy atom. The summed E-state index contributed by atoms with van der Waals surface area (Å²) in [5.41, 5.74) is 2.22. The van der Waals surface area contributed by atoms with Gasteiger partial charge in [0.25, 0.3) is 0 Å². The van der Waals surface area contributed by atoms with Crippen LogP contribution in [0.2, 0.25) is 0 Å². The van der Waals surface area contributed by atoms with Crippen molar-refractivity contribution in [2.45, 2.75) is 40.0 Å². The molecule has 1 amide bonds. The second kappa shape index (κ2) is 9.16. The molecule has 1 heterocycles. The minimum atomic E-state index is 0. The first-order valence-corrected chi connectivity index (χ1v) is 8.19. The summed E-state index contributed by atoms with van der Waals surface area (Å²) in [6.07, 6.45) is 3.13. The number of piperidine rings is 1. The summed E-state index contributed by atoms with van der Waals surface area (Å²) in [6.45, 7) is 9.26. The van der Waals surface area contributed by atoms with E-state index in [0.717, 1.165) is 25.3 Å². The average Bonchev–Trinajstić information content (AvgIpc) is 2.49. The molecule has 1 fully saturated rings. The van der Waals surface area contributed by atoms with Crippen molar-refractivity contribution in [2.24, 2.45) is 11.8 Å². The second-order valence-corrected chi connectivity index (χ2v) is 6.26. The van der Waals surface area contributed by atoms with Crippen LogP contribution in [0.1, 0.15) is 38.7 Å². The van der Waals surface area contributed by atoms with E-state index in [0.29, 0.717) is 18.3 Å². The lowest BCUT2D eigenvalue weighted by Crippen LogP contribution is -2.37. The largest absolute Gasteiger partial charge is 0.316 e. The number of rotatable bonds is 5. The average molecular weight is 325 g/mol. The van der Waals surface area contributed by atoms with Crippen LogP contribution in [0.5, 0.6) is 0 Å². The maximum Gasteiger partial charge on any atom is 0.227 e. The van der Waals surface area contributed by atoms with Crippen molar-refractivity contribution in [3.8, 4) is 0 Å². The number of amides is 1. The zero-order chi connectivity index (χ0) is 15.2. The van der Waals surface area contributed by atoms with Crippen molar-refractivity contribution >= 4 is 24.0 Å². The molecule has 1 saturated heterocycles. The normalized spacial score (nSPS) is 19.1. The van der Waals surface area contributed by atoms with Crippen molar-refractivity contribution in [1.29, 1.82) is 0 Å². The number of hydrogen-bond acceptors (Lipinski definition) is 2. The first-order chi connectivity index (χ1) is 10.1.